The molecular formula is C18H18N2O8. The molecule has 2 atom stereocenters. The maximum Gasteiger partial charge on any atom is 0.331 e. The highest BCUT2D eigenvalue weighted by molar-refractivity contribution is 5.99. The van der Waals surface area contributed by atoms with E-state index in [0.29, 0.717) is 5.56 Å². The summed E-state index contributed by atoms with van der Waals surface area (Å²) in [6, 6.07) is 7.57. The zero-order valence-electron chi connectivity index (χ0n) is 14.7. The van der Waals surface area contributed by atoms with Gasteiger partial charge in [-0.1, -0.05) is 18.2 Å². The third-order valence-corrected chi connectivity index (χ3v) is 3.98. The number of hydrogen-bond acceptors (Lipinski definition) is 8. The van der Waals surface area contributed by atoms with Crippen LogP contribution < -0.4 is 5.32 Å². The van der Waals surface area contributed by atoms with Gasteiger partial charge in [0.2, 0.25) is 0 Å². The van der Waals surface area contributed by atoms with Crippen molar-refractivity contribution in [2.45, 2.75) is 18.6 Å². The average molecular weight is 390 g/mol. The second-order valence-electron chi connectivity index (χ2n) is 5.84. The summed E-state index contributed by atoms with van der Waals surface area (Å²) in [4.78, 5) is 34.5. The number of methoxy groups -OCH3 is 1. The molecule has 2 rings (SSSR count). The summed E-state index contributed by atoms with van der Waals surface area (Å²) in [5.41, 5.74) is 0.0633. The highest BCUT2D eigenvalue weighted by Gasteiger charge is 2.31. The van der Waals surface area contributed by atoms with Crippen LogP contribution in [-0.2, 0) is 16.0 Å². The molecule has 148 valence electrons. The summed E-state index contributed by atoms with van der Waals surface area (Å²) in [5, 5.41) is 42.6. The summed E-state index contributed by atoms with van der Waals surface area (Å²) in [5.74, 6) is -3.03. The molecule has 0 radical (unpaired) electrons. The van der Waals surface area contributed by atoms with Crippen molar-refractivity contribution < 1.29 is 34.6 Å². The molecule has 0 unspecified atom stereocenters. The number of aliphatic hydroxyl groups excluding tert-OH is 1. The van der Waals surface area contributed by atoms with E-state index in [4.69, 9.17) is 0 Å². The van der Waals surface area contributed by atoms with E-state index >= 15 is 0 Å². The number of para-hydroxylation sites is 1. The third kappa shape index (κ3) is 4.74. The maximum atomic E-state index is 12.3. The van der Waals surface area contributed by atoms with E-state index in [9.17, 15) is 35.0 Å². The molecule has 0 bridgehead atoms. The van der Waals surface area contributed by atoms with Gasteiger partial charge in [-0.05, 0) is 17.7 Å². The first-order valence-electron chi connectivity index (χ1n) is 8.05. The van der Waals surface area contributed by atoms with Crippen LogP contribution in [0, 0.1) is 10.1 Å². The minimum absolute atomic E-state index is 0.107. The first-order valence-corrected chi connectivity index (χ1v) is 8.05. The molecule has 0 fully saturated rings. The van der Waals surface area contributed by atoms with E-state index < -0.39 is 40.4 Å². The van der Waals surface area contributed by atoms with E-state index in [1.54, 1.807) is 0 Å². The average Bonchev–Trinajstić information content (AvgIpc) is 2.67. The molecule has 0 aliphatic carbocycles. The van der Waals surface area contributed by atoms with Crippen LogP contribution in [0.15, 0.2) is 42.5 Å². The first-order chi connectivity index (χ1) is 13.2. The molecule has 2 aromatic rings. The molecular weight excluding hydrogens is 372 g/mol. The van der Waals surface area contributed by atoms with Crippen molar-refractivity contribution in [1.29, 1.82) is 0 Å². The van der Waals surface area contributed by atoms with Crippen molar-refractivity contribution >= 4 is 17.6 Å². The molecule has 0 aliphatic rings. The minimum Gasteiger partial charge on any atom is -0.504 e. The highest BCUT2D eigenvalue weighted by Crippen LogP contribution is 2.28. The van der Waals surface area contributed by atoms with Crippen LogP contribution in [0.5, 0.6) is 11.5 Å². The number of phenolic OH excluding ortho intramolecular Hbond substituents is 2. The number of phenols is 2. The summed E-state index contributed by atoms with van der Waals surface area (Å²) < 4.78 is 4.60. The largest absolute Gasteiger partial charge is 0.504 e. The van der Waals surface area contributed by atoms with Gasteiger partial charge in [-0.2, -0.15) is 0 Å². The number of hydrogen-bond donors (Lipinski definition) is 4. The number of rotatable bonds is 7. The van der Waals surface area contributed by atoms with Crippen LogP contribution in [0.3, 0.4) is 0 Å². The minimum atomic E-state index is -1.48. The van der Waals surface area contributed by atoms with Crippen LogP contribution in [0.1, 0.15) is 15.9 Å². The number of esters is 1. The Morgan fingerprint density at radius 2 is 1.82 bits per heavy atom. The number of nitrogens with one attached hydrogen (secondary N) is 1. The number of carbonyl (C=O) groups excluding carboxylic acids is 2. The van der Waals surface area contributed by atoms with E-state index in [1.165, 1.54) is 42.5 Å². The molecule has 0 heterocycles. The summed E-state index contributed by atoms with van der Waals surface area (Å²) >= 11 is 0. The molecule has 1 amide bonds. The van der Waals surface area contributed by atoms with Crippen molar-refractivity contribution in [3.8, 4) is 11.5 Å². The Morgan fingerprint density at radius 1 is 1.18 bits per heavy atom. The molecule has 0 aliphatic heterocycles. The standard InChI is InChI=1S/C18H18N2O8/c1-28-18(25)15(19-17(24)12-3-2-4-13(21)16(12)23)14(22)9-10-5-7-11(8-6-10)20(26)27/h2-8,14-15,21-23H,9H2,1H3,(H,19,24)/t14-,15+/m1/s1. The Morgan fingerprint density at radius 3 is 2.39 bits per heavy atom. The van der Waals surface area contributed by atoms with E-state index in [2.05, 4.69) is 10.1 Å². The molecule has 10 heteroatoms. The number of non-ortho nitro benzene ring substituents is 1. The van der Waals surface area contributed by atoms with Crippen molar-refractivity contribution in [2.24, 2.45) is 0 Å². The lowest BCUT2D eigenvalue weighted by Gasteiger charge is -2.22. The smallest absolute Gasteiger partial charge is 0.331 e. The quantitative estimate of drug-likeness (QED) is 0.235. The molecule has 10 nitrogen and oxygen atoms in total. The Hall–Kier alpha value is -3.66. The predicted octanol–water partition coefficient (Wildman–Crippen LogP) is 0.881. The van der Waals surface area contributed by atoms with Crippen LogP contribution in [0.4, 0.5) is 5.69 Å². The van der Waals surface area contributed by atoms with Crippen LogP contribution in [0.2, 0.25) is 0 Å². The third-order valence-electron chi connectivity index (χ3n) is 3.98. The molecule has 0 saturated heterocycles. The number of nitro groups is 1. The number of nitrogens with zero attached hydrogens (tertiary/aromatic N) is 1. The Labute approximate surface area is 159 Å². The number of amides is 1. The molecule has 0 aromatic heterocycles. The molecule has 2 aromatic carbocycles. The summed E-state index contributed by atoms with van der Waals surface area (Å²) in [7, 11) is 1.08. The summed E-state index contributed by atoms with van der Waals surface area (Å²) in [6.07, 6.45) is -1.53. The van der Waals surface area contributed by atoms with Crippen molar-refractivity contribution in [3.63, 3.8) is 0 Å². The second-order valence-corrected chi connectivity index (χ2v) is 5.84. The number of carbonyl (C=O) groups is 2. The van der Waals surface area contributed by atoms with Gasteiger partial charge in [-0.3, -0.25) is 14.9 Å². The van der Waals surface area contributed by atoms with Gasteiger partial charge in [0.1, 0.15) is 0 Å². The molecule has 4 N–H and O–H groups in total. The van der Waals surface area contributed by atoms with Gasteiger partial charge in [0.25, 0.3) is 11.6 Å². The maximum absolute atomic E-state index is 12.3. The van der Waals surface area contributed by atoms with Crippen molar-refractivity contribution in [3.05, 3.63) is 63.7 Å². The van der Waals surface area contributed by atoms with E-state index in [1.807, 2.05) is 0 Å². The lowest BCUT2D eigenvalue weighted by atomic mass is 10.0. The Bertz CT molecular complexity index is 882. The van der Waals surface area contributed by atoms with E-state index in [-0.39, 0.29) is 17.7 Å². The van der Waals surface area contributed by atoms with Gasteiger partial charge in [0.05, 0.1) is 23.7 Å². The lowest BCUT2D eigenvalue weighted by Crippen LogP contribution is -2.50. The van der Waals surface area contributed by atoms with Gasteiger partial charge in [-0.15, -0.1) is 0 Å². The van der Waals surface area contributed by atoms with Gasteiger partial charge in [0, 0.05) is 18.6 Å². The van der Waals surface area contributed by atoms with Crippen molar-refractivity contribution in [1.82, 2.24) is 5.32 Å². The van der Waals surface area contributed by atoms with Gasteiger partial charge >= 0.3 is 5.97 Å². The number of nitro benzene ring substituents is 1. The zero-order valence-corrected chi connectivity index (χ0v) is 14.7. The predicted molar refractivity (Wildman–Crippen MR) is 95.8 cm³/mol. The van der Waals surface area contributed by atoms with Crippen LogP contribution >= 0.6 is 0 Å². The normalized spacial score (nSPS) is 12.6. The van der Waals surface area contributed by atoms with Gasteiger partial charge in [0.15, 0.2) is 17.5 Å². The van der Waals surface area contributed by atoms with Crippen LogP contribution in [0.25, 0.3) is 0 Å². The van der Waals surface area contributed by atoms with Crippen molar-refractivity contribution in [2.75, 3.05) is 7.11 Å². The number of ether oxygens (including phenoxy) is 1. The highest BCUT2D eigenvalue weighted by atomic mass is 16.6. The first kappa shape index (κ1) is 20.6. The number of aromatic hydroxyl groups is 2. The number of aliphatic hydroxyl groups is 1. The molecule has 0 spiro atoms. The summed E-state index contributed by atoms with van der Waals surface area (Å²) in [6.45, 7) is 0. The number of benzene rings is 2. The SMILES string of the molecule is COC(=O)[C@@H](NC(=O)c1cccc(O)c1O)[C@H](O)Cc1ccc([N+](=O)[O-])cc1. The molecule has 28 heavy (non-hydrogen) atoms. The molecule has 0 saturated carbocycles. The second kappa shape index (κ2) is 8.82. The monoisotopic (exact) mass is 390 g/mol. The lowest BCUT2D eigenvalue weighted by molar-refractivity contribution is -0.384. The fourth-order valence-electron chi connectivity index (χ4n) is 2.49. The fourth-order valence-corrected chi connectivity index (χ4v) is 2.49. The van der Waals surface area contributed by atoms with Gasteiger partial charge < -0.3 is 25.4 Å². The Kier molecular flexibility index (Phi) is 6.51. The Balaban J connectivity index is 2.18. The van der Waals surface area contributed by atoms with E-state index in [0.717, 1.165) is 7.11 Å². The van der Waals surface area contributed by atoms with Crippen LogP contribution in [-0.4, -0.2) is 51.4 Å². The van der Waals surface area contributed by atoms with Gasteiger partial charge in [-0.25, -0.2) is 4.79 Å². The topological polar surface area (TPSA) is 159 Å². The fraction of sp³-hybridized carbons (Fsp3) is 0.222. The zero-order chi connectivity index (χ0) is 20.8.